The Labute approximate surface area is 196 Å². The van der Waals surface area contributed by atoms with Crippen molar-refractivity contribution in [3.05, 3.63) is 98.4 Å². The number of benzene rings is 2. The average Bonchev–Trinajstić information content (AvgIpc) is 3.48. The first-order chi connectivity index (χ1) is 16.0. The van der Waals surface area contributed by atoms with E-state index in [0.717, 1.165) is 56.6 Å². The summed E-state index contributed by atoms with van der Waals surface area (Å²) in [5.41, 5.74) is 6.63. The Morgan fingerprint density at radius 1 is 1.06 bits per heavy atom. The molecule has 0 radical (unpaired) electrons. The van der Waals surface area contributed by atoms with Crippen molar-refractivity contribution >= 4 is 45.6 Å². The van der Waals surface area contributed by atoms with Gasteiger partial charge in [-0.15, -0.1) is 11.3 Å². The van der Waals surface area contributed by atoms with Crippen LogP contribution in [0, 0.1) is 13.8 Å². The van der Waals surface area contributed by atoms with Gasteiger partial charge in [0.25, 0.3) is 0 Å². The van der Waals surface area contributed by atoms with E-state index in [1.807, 2.05) is 67.8 Å². The van der Waals surface area contributed by atoms with Gasteiger partial charge in [-0.1, -0.05) is 42.0 Å². The smallest absolute Gasteiger partial charge is 0.339 e. The van der Waals surface area contributed by atoms with Gasteiger partial charge in [0, 0.05) is 15.8 Å². The Morgan fingerprint density at radius 2 is 1.91 bits per heavy atom. The van der Waals surface area contributed by atoms with Crippen LogP contribution in [0.1, 0.15) is 54.4 Å². The Kier molecular flexibility index (Phi) is 5.65. The van der Waals surface area contributed by atoms with E-state index in [0.29, 0.717) is 11.1 Å². The zero-order valence-electron chi connectivity index (χ0n) is 18.6. The molecule has 2 aromatic heterocycles. The average molecular weight is 454 g/mol. The number of ketones is 1. The van der Waals surface area contributed by atoms with Crippen molar-refractivity contribution in [2.45, 2.75) is 26.7 Å². The molecule has 0 saturated carbocycles. The maximum absolute atomic E-state index is 13.3. The standard InChI is InChI=1S/C28H23NO3S/c1-17-9-10-18(2)23(14-17)25(30)16-32-28(31)26-21-7-3-4-8-24(21)29-27-19(11-12-22(26)27)15-20-6-5-13-33-20/h3-10,13-15H,11-12,16H2,1-2H3. The SMILES string of the molecule is Cc1ccc(C)c(C(=O)COC(=O)c2c3c(nc4ccccc24)C(=Cc2cccs2)CC3)c1. The number of esters is 1. The molecule has 0 saturated heterocycles. The number of nitrogens with zero attached hydrogens (tertiary/aromatic N) is 1. The summed E-state index contributed by atoms with van der Waals surface area (Å²) < 4.78 is 5.58. The molecule has 4 aromatic rings. The van der Waals surface area contributed by atoms with Crippen LogP contribution in [0.4, 0.5) is 0 Å². The lowest BCUT2D eigenvalue weighted by Gasteiger charge is -2.13. The molecule has 33 heavy (non-hydrogen) atoms. The van der Waals surface area contributed by atoms with Crippen molar-refractivity contribution in [2.24, 2.45) is 0 Å². The van der Waals surface area contributed by atoms with Crippen LogP contribution >= 0.6 is 11.3 Å². The quantitative estimate of drug-likeness (QED) is 0.258. The van der Waals surface area contributed by atoms with Crippen molar-refractivity contribution < 1.29 is 14.3 Å². The van der Waals surface area contributed by atoms with Crippen LogP contribution in [0.5, 0.6) is 0 Å². The molecule has 5 heteroatoms. The fourth-order valence-corrected chi connectivity index (χ4v) is 5.06. The monoisotopic (exact) mass is 453 g/mol. The van der Waals surface area contributed by atoms with Crippen LogP contribution < -0.4 is 0 Å². The minimum atomic E-state index is -0.471. The van der Waals surface area contributed by atoms with Crippen LogP contribution in [0.3, 0.4) is 0 Å². The third-order valence-corrected chi connectivity index (χ3v) is 6.85. The van der Waals surface area contributed by atoms with Crippen molar-refractivity contribution in [1.29, 1.82) is 0 Å². The van der Waals surface area contributed by atoms with Gasteiger partial charge in [0.2, 0.25) is 5.78 Å². The number of allylic oxidation sites excluding steroid dienone is 1. The van der Waals surface area contributed by atoms with E-state index in [4.69, 9.17) is 9.72 Å². The number of pyridine rings is 1. The maximum Gasteiger partial charge on any atom is 0.339 e. The molecule has 0 atom stereocenters. The van der Waals surface area contributed by atoms with Gasteiger partial charge in [0.15, 0.2) is 6.61 Å². The number of carbonyl (C=O) groups is 2. The van der Waals surface area contributed by atoms with Gasteiger partial charge in [0.05, 0.1) is 16.8 Å². The summed E-state index contributed by atoms with van der Waals surface area (Å²) in [6.07, 6.45) is 3.69. The van der Waals surface area contributed by atoms with Crippen LogP contribution in [0.2, 0.25) is 0 Å². The summed E-state index contributed by atoms with van der Waals surface area (Å²) in [6, 6.07) is 17.4. The number of hydrogen-bond acceptors (Lipinski definition) is 5. The number of aromatic nitrogens is 1. The number of rotatable bonds is 5. The Bertz CT molecular complexity index is 1420. The molecule has 0 bridgehead atoms. The van der Waals surface area contributed by atoms with Gasteiger partial charge >= 0.3 is 5.97 Å². The molecule has 0 spiro atoms. The second-order valence-corrected chi connectivity index (χ2v) is 9.31. The first-order valence-corrected chi connectivity index (χ1v) is 11.8. The lowest BCUT2D eigenvalue weighted by Crippen LogP contribution is -2.17. The highest BCUT2D eigenvalue weighted by Crippen LogP contribution is 2.38. The van der Waals surface area contributed by atoms with Gasteiger partial charge < -0.3 is 4.74 Å². The van der Waals surface area contributed by atoms with E-state index >= 15 is 0 Å². The number of thiophene rings is 1. The third kappa shape index (κ3) is 4.12. The molecule has 5 rings (SSSR count). The van der Waals surface area contributed by atoms with E-state index in [1.165, 1.54) is 0 Å². The van der Waals surface area contributed by atoms with Crippen molar-refractivity contribution in [3.63, 3.8) is 0 Å². The molecule has 2 aromatic carbocycles. The maximum atomic E-state index is 13.3. The van der Waals surface area contributed by atoms with Crippen LogP contribution in [0.15, 0.2) is 60.0 Å². The zero-order chi connectivity index (χ0) is 22.9. The van der Waals surface area contributed by atoms with Crippen molar-refractivity contribution in [2.75, 3.05) is 6.61 Å². The molecule has 0 fully saturated rings. The highest BCUT2D eigenvalue weighted by atomic mass is 32.1. The van der Waals surface area contributed by atoms with Gasteiger partial charge in [-0.3, -0.25) is 4.79 Å². The van der Waals surface area contributed by atoms with E-state index in [-0.39, 0.29) is 12.4 Å². The van der Waals surface area contributed by atoms with Gasteiger partial charge in [-0.2, -0.15) is 0 Å². The summed E-state index contributed by atoms with van der Waals surface area (Å²) in [4.78, 5) is 32.1. The number of carbonyl (C=O) groups excluding carboxylic acids is 2. The third-order valence-electron chi connectivity index (χ3n) is 6.03. The van der Waals surface area contributed by atoms with E-state index in [2.05, 4.69) is 12.1 Å². The van der Waals surface area contributed by atoms with Crippen LogP contribution in [-0.2, 0) is 11.2 Å². The molecule has 164 valence electrons. The fourth-order valence-electron chi connectivity index (χ4n) is 4.37. The first kappa shape index (κ1) is 21.3. The predicted octanol–water partition coefficient (Wildman–Crippen LogP) is 6.44. The second kappa shape index (κ2) is 8.75. The van der Waals surface area contributed by atoms with Gasteiger partial charge in [0.1, 0.15) is 0 Å². The number of fused-ring (bicyclic) bond motifs is 2. The van der Waals surface area contributed by atoms with E-state index < -0.39 is 5.97 Å². The highest BCUT2D eigenvalue weighted by molar-refractivity contribution is 7.10. The molecule has 0 unspecified atom stereocenters. The Hall–Kier alpha value is -3.57. The Morgan fingerprint density at radius 3 is 2.73 bits per heavy atom. The summed E-state index contributed by atoms with van der Waals surface area (Å²) >= 11 is 1.68. The molecular formula is C28H23NO3S. The molecule has 2 heterocycles. The molecule has 0 amide bonds. The minimum absolute atomic E-state index is 0.196. The number of aryl methyl sites for hydroxylation is 2. The van der Waals surface area contributed by atoms with Crippen LogP contribution in [-0.4, -0.2) is 23.3 Å². The van der Waals surface area contributed by atoms with Crippen molar-refractivity contribution in [1.82, 2.24) is 4.98 Å². The molecule has 0 aliphatic heterocycles. The topological polar surface area (TPSA) is 56.3 Å². The van der Waals surface area contributed by atoms with E-state index in [1.54, 1.807) is 11.3 Å². The highest BCUT2D eigenvalue weighted by Gasteiger charge is 2.28. The second-order valence-electron chi connectivity index (χ2n) is 8.33. The number of ether oxygens (including phenoxy) is 1. The lowest BCUT2D eigenvalue weighted by molar-refractivity contribution is 0.0475. The molecule has 0 N–H and O–H groups in total. The molecule has 1 aliphatic rings. The van der Waals surface area contributed by atoms with Gasteiger partial charge in [-0.05, 0) is 73.0 Å². The van der Waals surface area contributed by atoms with E-state index in [9.17, 15) is 9.59 Å². The number of Topliss-reactive ketones (excluding diaryl/α,β-unsaturated/α-hetero) is 1. The summed E-state index contributed by atoms with van der Waals surface area (Å²) in [5.74, 6) is -0.668. The molecule has 1 aliphatic carbocycles. The normalized spacial score (nSPS) is 13.9. The largest absolute Gasteiger partial charge is 0.454 e. The van der Waals surface area contributed by atoms with Crippen molar-refractivity contribution in [3.8, 4) is 0 Å². The lowest BCUT2D eigenvalue weighted by atomic mass is 10.0. The zero-order valence-corrected chi connectivity index (χ0v) is 19.4. The molecular weight excluding hydrogens is 430 g/mol. The Balaban J connectivity index is 1.49. The summed E-state index contributed by atoms with van der Waals surface area (Å²) in [5, 5.41) is 2.81. The number of hydrogen-bond donors (Lipinski definition) is 0. The predicted molar refractivity (Wildman–Crippen MR) is 133 cm³/mol. The summed E-state index contributed by atoms with van der Waals surface area (Å²) in [7, 11) is 0. The van der Waals surface area contributed by atoms with Crippen LogP contribution in [0.25, 0.3) is 22.6 Å². The minimum Gasteiger partial charge on any atom is -0.454 e. The fraction of sp³-hybridized carbons (Fsp3) is 0.179. The van der Waals surface area contributed by atoms with Gasteiger partial charge in [-0.25, -0.2) is 9.78 Å². The molecule has 4 nitrogen and oxygen atoms in total. The summed E-state index contributed by atoms with van der Waals surface area (Å²) in [6.45, 7) is 3.54. The number of para-hydroxylation sites is 1. The first-order valence-electron chi connectivity index (χ1n) is 10.9.